The molecule has 0 saturated carbocycles. The van der Waals surface area contributed by atoms with Gasteiger partial charge >= 0.3 is 0 Å². The third kappa shape index (κ3) is 2.23. The molecule has 1 aliphatic rings. The summed E-state index contributed by atoms with van der Waals surface area (Å²) in [4.78, 5) is 17.2. The van der Waals surface area contributed by atoms with Crippen molar-refractivity contribution in [3.63, 3.8) is 0 Å². The number of nitrogens with two attached hydrogens (primary N) is 1. The first kappa shape index (κ1) is 13.0. The van der Waals surface area contributed by atoms with Gasteiger partial charge in [-0.3, -0.25) is 14.4 Å². The Kier molecular flexibility index (Phi) is 3.11. The molecule has 1 aromatic heterocycles. The van der Waals surface area contributed by atoms with Crippen molar-refractivity contribution < 1.29 is 13.2 Å². The molecule has 1 fully saturated rings. The smallest absolute Gasteiger partial charge is 0.251 e. The van der Waals surface area contributed by atoms with E-state index in [-0.39, 0.29) is 24.8 Å². The summed E-state index contributed by atoms with van der Waals surface area (Å²) in [6.07, 6.45) is 0.572. The molecule has 1 aromatic rings. The van der Waals surface area contributed by atoms with Crippen LogP contribution in [0.1, 0.15) is 19.2 Å². The van der Waals surface area contributed by atoms with E-state index in [9.17, 15) is 13.2 Å². The van der Waals surface area contributed by atoms with Gasteiger partial charge in [-0.1, -0.05) is 6.92 Å². The van der Waals surface area contributed by atoms with Crippen LogP contribution in [0.4, 0.5) is 5.95 Å². The van der Waals surface area contributed by atoms with Crippen molar-refractivity contribution in [2.75, 3.05) is 11.4 Å². The highest BCUT2D eigenvalue weighted by molar-refractivity contribution is 7.89. The number of sulfonamides is 1. The molecule has 0 aliphatic carbocycles. The van der Waals surface area contributed by atoms with Crippen molar-refractivity contribution in [1.29, 1.82) is 0 Å². The molecule has 0 spiro atoms. The van der Waals surface area contributed by atoms with E-state index >= 15 is 0 Å². The third-order valence-corrected chi connectivity index (χ3v) is 4.20. The fourth-order valence-electron chi connectivity index (χ4n) is 1.91. The molecule has 8 nitrogen and oxygen atoms in total. The van der Waals surface area contributed by atoms with E-state index in [0.29, 0.717) is 6.42 Å². The zero-order valence-electron chi connectivity index (χ0n) is 10.2. The Morgan fingerprint density at radius 1 is 1.50 bits per heavy atom. The maximum atomic E-state index is 11.8. The molecule has 2 heterocycles. The molecular weight excluding hydrogens is 258 g/mol. The van der Waals surface area contributed by atoms with Gasteiger partial charge in [0.25, 0.3) is 5.95 Å². The van der Waals surface area contributed by atoms with Gasteiger partial charge in [0, 0.05) is 26.4 Å². The Hall–Kier alpha value is -1.48. The van der Waals surface area contributed by atoms with Gasteiger partial charge in [0.15, 0.2) is 0 Å². The topological polar surface area (TPSA) is 111 Å². The number of nitrogens with zero attached hydrogens (tertiary/aromatic N) is 4. The first-order valence-corrected chi connectivity index (χ1v) is 7.15. The van der Waals surface area contributed by atoms with Gasteiger partial charge in [-0.15, -0.1) is 5.10 Å². The van der Waals surface area contributed by atoms with Crippen molar-refractivity contribution in [1.82, 2.24) is 14.8 Å². The SMILES string of the molecule is CCc1nc(N2CC(S(N)(=O)=O)CC2=O)nn1C. The normalized spacial score (nSPS) is 20.7. The fourth-order valence-corrected chi connectivity index (χ4v) is 2.64. The van der Waals surface area contributed by atoms with E-state index in [1.165, 1.54) is 4.90 Å². The molecule has 1 atom stereocenters. The Labute approximate surface area is 105 Å². The Balaban J connectivity index is 2.27. The molecule has 0 aromatic carbocycles. The molecule has 0 radical (unpaired) electrons. The fraction of sp³-hybridized carbons (Fsp3) is 0.667. The predicted molar refractivity (Wildman–Crippen MR) is 64.2 cm³/mol. The van der Waals surface area contributed by atoms with E-state index in [2.05, 4.69) is 10.1 Å². The van der Waals surface area contributed by atoms with E-state index < -0.39 is 15.3 Å². The summed E-state index contributed by atoms with van der Waals surface area (Å²) in [5, 5.41) is 8.28. The van der Waals surface area contributed by atoms with Crippen LogP contribution < -0.4 is 10.0 Å². The molecule has 9 heteroatoms. The molecule has 1 unspecified atom stereocenters. The third-order valence-electron chi connectivity index (χ3n) is 2.95. The van der Waals surface area contributed by atoms with Crippen molar-refractivity contribution in [3.05, 3.63) is 5.82 Å². The zero-order valence-corrected chi connectivity index (χ0v) is 11.0. The molecule has 18 heavy (non-hydrogen) atoms. The van der Waals surface area contributed by atoms with Crippen molar-refractivity contribution >= 4 is 21.9 Å². The highest BCUT2D eigenvalue weighted by atomic mass is 32.2. The number of aromatic nitrogens is 3. The highest BCUT2D eigenvalue weighted by Crippen LogP contribution is 2.21. The summed E-state index contributed by atoms with van der Waals surface area (Å²) in [6.45, 7) is 1.94. The predicted octanol–water partition coefficient (Wildman–Crippen LogP) is -1.23. The minimum atomic E-state index is -3.71. The monoisotopic (exact) mass is 273 g/mol. The number of primary sulfonamides is 1. The van der Waals surface area contributed by atoms with Crippen LogP contribution in [0.3, 0.4) is 0 Å². The zero-order chi connectivity index (χ0) is 13.5. The van der Waals surface area contributed by atoms with Gasteiger partial charge in [0.05, 0.1) is 0 Å². The summed E-state index contributed by atoms with van der Waals surface area (Å²) in [6, 6.07) is 0. The minimum absolute atomic E-state index is 0.0187. The summed E-state index contributed by atoms with van der Waals surface area (Å²) in [5.41, 5.74) is 0. The van der Waals surface area contributed by atoms with Crippen LogP contribution in [0, 0.1) is 0 Å². The lowest BCUT2D eigenvalue weighted by Crippen LogP contribution is -2.32. The van der Waals surface area contributed by atoms with Crippen molar-refractivity contribution in [3.8, 4) is 0 Å². The van der Waals surface area contributed by atoms with Gasteiger partial charge in [0.1, 0.15) is 11.1 Å². The summed E-state index contributed by atoms with van der Waals surface area (Å²) in [7, 11) is -1.98. The van der Waals surface area contributed by atoms with Crippen LogP contribution in [0.2, 0.25) is 0 Å². The quantitative estimate of drug-likeness (QED) is 0.741. The van der Waals surface area contributed by atoms with Gasteiger partial charge < -0.3 is 0 Å². The van der Waals surface area contributed by atoms with Gasteiger partial charge in [-0.2, -0.15) is 4.98 Å². The summed E-state index contributed by atoms with van der Waals surface area (Å²) >= 11 is 0. The molecule has 1 aliphatic heterocycles. The van der Waals surface area contributed by atoms with Crippen LogP contribution in [0.5, 0.6) is 0 Å². The van der Waals surface area contributed by atoms with Crippen LogP contribution >= 0.6 is 0 Å². The molecular formula is C9H15N5O3S. The average molecular weight is 273 g/mol. The second kappa shape index (κ2) is 4.32. The standard InChI is InChI=1S/C9H15N5O3S/c1-3-7-11-9(12-13(7)2)14-5-6(4-8(14)15)18(10,16)17/h6H,3-5H2,1-2H3,(H2,10,16,17). The van der Waals surface area contributed by atoms with Crippen LogP contribution in [-0.2, 0) is 28.3 Å². The molecule has 2 rings (SSSR count). The average Bonchev–Trinajstić information content (AvgIpc) is 2.80. The van der Waals surface area contributed by atoms with Gasteiger partial charge in [0.2, 0.25) is 15.9 Å². The van der Waals surface area contributed by atoms with Crippen molar-refractivity contribution in [2.45, 2.75) is 25.0 Å². The first-order valence-electron chi connectivity index (χ1n) is 5.54. The summed E-state index contributed by atoms with van der Waals surface area (Å²) < 4.78 is 24.1. The number of hydrogen-bond acceptors (Lipinski definition) is 5. The van der Waals surface area contributed by atoms with Gasteiger partial charge in [-0.25, -0.2) is 13.6 Å². The molecule has 1 amide bonds. The van der Waals surface area contributed by atoms with Crippen LogP contribution in [0.15, 0.2) is 0 Å². The maximum absolute atomic E-state index is 11.8. The lowest BCUT2D eigenvalue weighted by Gasteiger charge is -2.10. The highest BCUT2D eigenvalue weighted by Gasteiger charge is 2.38. The molecule has 0 bridgehead atoms. The minimum Gasteiger partial charge on any atom is -0.278 e. The first-order chi connectivity index (χ1) is 8.32. The molecule has 100 valence electrons. The van der Waals surface area contributed by atoms with E-state index in [1.807, 2.05) is 6.92 Å². The van der Waals surface area contributed by atoms with Gasteiger partial charge in [-0.05, 0) is 0 Å². The number of amides is 1. The second-order valence-corrected chi connectivity index (χ2v) is 6.07. The lowest BCUT2D eigenvalue weighted by atomic mass is 10.4. The van der Waals surface area contributed by atoms with Crippen molar-refractivity contribution in [2.24, 2.45) is 12.2 Å². The molecule has 1 saturated heterocycles. The number of anilines is 1. The maximum Gasteiger partial charge on any atom is 0.251 e. The van der Waals surface area contributed by atoms with Crippen LogP contribution in [0.25, 0.3) is 0 Å². The number of carbonyl (C=O) groups excluding carboxylic acids is 1. The van der Waals surface area contributed by atoms with E-state index in [0.717, 1.165) is 5.82 Å². The number of rotatable bonds is 3. The lowest BCUT2D eigenvalue weighted by molar-refractivity contribution is -0.117. The van der Waals surface area contributed by atoms with E-state index in [1.54, 1.807) is 11.7 Å². The summed E-state index contributed by atoms with van der Waals surface area (Å²) in [5.74, 6) is 0.657. The second-order valence-electron chi connectivity index (χ2n) is 4.22. The number of carbonyl (C=O) groups is 1. The Bertz CT molecular complexity index is 579. The molecule has 2 N–H and O–H groups in total. The van der Waals surface area contributed by atoms with E-state index in [4.69, 9.17) is 5.14 Å². The number of hydrogen-bond donors (Lipinski definition) is 1. The number of aryl methyl sites for hydroxylation is 2. The Morgan fingerprint density at radius 3 is 2.61 bits per heavy atom. The van der Waals surface area contributed by atoms with Crippen LogP contribution in [-0.4, -0.2) is 40.9 Å². The largest absolute Gasteiger partial charge is 0.278 e. The Morgan fingerprint density at radius 2 is 2.17 bits per heavy atom.